The van der Waals surface area contributed by atoms with Crippen molar-refractivity contribution in [1.29, 1.82) is 0 Å². The zero-order valence-corrected chi connectivity index (χ0v) is 13.6. The zero-order chi connectivity index (χ0) is 15.7. The van der Waals surface area contributed by atoms with Crippen molar-refractivity contribution in [2.24, 2.45) is 0 Å². The second-order valence-electron chi connectivity index (χ2n) is 6.58. The van der Waals surface area contributed by atoms with Gasteiger partial charge in [-0.25, -0.2) is 4.79 Å². The van der Waals surface area contributed by atoms with E-state index in [9.17, 15) is 4.79 Å². The zero-order valence-electron chi connectivity index (χ0n) is 13.6. The second-order valence-corrected chi connectivity index (χ2v) is 6.58. The molecule has 0 bridgehead atoms. The van der Waals surface area contributed by atoms with E-state index in [0.717, 1.165) is 43.7 Å². The first-order valence-corrected chi connectivity index (χ1v) is 8.00. The van der Waals surface area contributed by atoms with Crippen LogP contribution in [0, 0.1) is 0 Å². The molecule has 1 saturated heterocycles. The summed E-state index contributed by atoms with van der Waals surface area (Å²) in [5.74, 6) is 0.466. The number of nitrogens with zero attached hydrogens (tertiary/aromatic N) is 2. The summed E-state index contributed by atoms with van der Waals surface area (Å²) < 4.78 is 5.36. The molecule has 0 N–H and O–H groups in total. The number of benzene rings is 1. The van der Waals surface area contributed by atoms with E-state index in [-0.39, 0.29) is 5.63 Å². The van der Waals surface area contributed by atoms with E-state index in [1.165, 1.54) is 5.56 Å². The number of hydrogen-bond donors (Lipinski definition) is 0. The van der Waals surface area contributed by atoms with E-state index >= 15 is 0 Å². The predicted octanol–water partition coefficient (Wildman–Crippen LogP) is 2.66. The average Bonchev–Trinajstić information content (AvgIpc) is 2.49. The molecule has 22 heavy (non-hydrogen) atoms. The van der Waals surface area contributed by atoms with E-state index < -0.39 is 0 Å². The molecule has 0 spiro atoms. The van der Waals surface area contributed by atoms with Crippen LogP contribution in [0.2, 0.25) is 0 Å². The van der Waals surface area contributed by atoms with Crippen LogP contribution in [0.25, 0.3) is 11.0 Å². The molecule has 0 atom stereocenters. The van der Waals surface area contributed by atoms with Gasteiger partial charge in [-0.1, -0.05) is 19.9 Å². The van der Waals surface area contributed by atoms with E-state index in [0.29, 0.717) is 11.5 Å². The number of likely N-dealkylation sites (N-methyl/N-ethyl adjacent to an activating group) is 1. The lowest BCUT2D eigenvalue weighted by Gasteiger charge is -2.32. The Morgan fingerprint density at radius 3 is 2.55 bits per heavy atom. The van der Waals surface area contributed by atoms with Crippen molar-refractivity contribution in [3.8, 4) is 0 Å². The maximum atomic E-state index is 11.8. The molecule has 2 aromatic rings. The van der Waals surface area contributed by atoms with Crippen LogP contribution in [0.15, 0.2) is 33.5 Å². The number of piperazine rings is 1. The molecule has 4 heteroatoms. The highest BCUT2D eigenvalue weighted by atomic mass is 16.4. The molecule has 0 aliphatic carbocycles. The monoisotopic (exact) mass is 300 g/mol. The Hall–Kier alpha value is -1.65. The maximum Gasteiger partial charge on any atom is 0.336 e. The number of fused-ring (bicyclic) bond motifs is 1. The molecule has 0 unspecified atom stereocenters. The average molecular weight is 300 g/mol. The third-order valence-electron chi connectivity index (χ3n) is 4.51. The summed E-state index contributed by atoms with van der Waals surface area (Å²) in [6, 6.07) is 7.81. The highest BCUT2D eigenvalue weighted by molar-refractivity contribution is 5.81. The van der Waals surface area contributed by atoms with Crippen molar-refractivity contribution in [3.05, 3.63) is 45.8 Å². The molecule has 4 nitrogen and oxygen atoms in total. The maximum absolute atomic E-state index is 11.8. The normalized spacial score (nSPS) is 17.5. The summed E-state index contributed by atoms with van der Waals surface area (Å²) in [7, 11) is 2.15. The fourth-order valence-electron chi connectivity index (χ4n) is 2.98. The van der Waals surface area contributed by atoms with Gasteiger partial charge in [0.25, 0.3) is 0 Å². The minimum absolute atomic E-state index is 0.256. The van der Waals surface area contributed by atoms with Crippen molar-refractivity contribution in [2.75, 3.05) is 33.2 Å². The Labute approximate surface area is 131 Å². The summed E-state index contributed by atoms with van der Waals surface area (Å²) in [5.41, 5.74) is 2.80. The molecule has 1 fully saturated rings. The Bertz CT molecular complexity index is 713. The van der Waals surface area contributed by atoms with E-state index in [1.54, 1.807) is 6.07 Å². The van der Waals surface area contributed by atoms with Gasteiger partial charge >= 0.3 is 5.63 Å². The topological polar surface area (TPSA) is 36.7 Å². The molecule has 118 valence electrons. The van der Waals surface area contributed by atoms with Gasteiger partial charge in [0.05, 0.1) is 0 Å². The third-order valence-corrected chi connectivity index (χ3v) is 4.51. The van der Waals surface area contributed by atoms with Gasteiger partial charge in [-0.05, 0) is 36.2 Å². The lowest BCUT2D eigenvalue weighted by Crippen LogP contribution is -2.43. The standard InChI is InChI=1S/C18H24N2O2/c1-13(2)14-4-5-17-16(10-14)15(11-18(21)22-17)12-20-8-6-19(3)7-9-20/h4-5,10-11,13H,6-9,12H2,1-3H3. The smallest absolute Gasteiger partial charge is 0.336 e. The van der Waals surface area contributed by atoms with Crippen LogP contribution >= 0.6 is 0 Å². The van der Waals surface area contributed by atoms with Crippen LogP contribution in [0.3, 0.4) is 0 Å². The Kier molecular flexibility index (Phi) is 4.32. The summed E-state index contributed by atoms with van der Waals surface area (Å²) >= 11 is 0. The van der Waals surface area contributed by atoms with Gasteiger partial charge in [0.2, 0.25) is 0 Å². The van der Waals surface area contributed by atoms with Crippen molar-refractivity contribution >= 4 is 11.0 Å². The first-order valence-electron chi connectivity index (χ1n) is 8.00. The summed E-state index contributed by atoms with van der Waals surface area (Å²) in [5, 5.41) is 1.07. The van der Waals surface area contributed by atoms with Crippen LogP contribution in [0.1, 0.15) is 30.9 Å². The quantitative estimate of drug-likeness (QED) is 0.817. The fourth-order valence-corrected chi connectivity index (χ4v) is 2.98. The number of rotatable bonds is 3. The van der Waals surface area contributed by atoms with Gasteiger partial charge < -0.3 is 9.32 Å². The molecule has 2 heterocycles. The molecule has 0 radical (unpaired) electrons. The molecule has 1 aromatic heterocycles. The Morgan fingerprint density at radius 1 is 1.14 bits per heavy atom. The van der Waals surface area contributed by atoms with Gasteiger partial charge in [-0.2, -0.15) is 0 Å². The van der Waals surface area contributed by atoms with Crippen molar-refractivity contribution in [2.45, 2.75) is 26.3 Å². The molecular formula is C18H24N2O2. The first-order chi connectivity index (χ1) is 10.5. The summed E-state index contributed by atoms with van der Waals surface area (Å²) in [6.07, 6.45) is 0. The van der Waals surface area contributed by atoms with Gasteiger partial charge in [-0.15, -0.1) is 0 Å². The van der Waals surface area contributed by atoms with Crippen LogP contribution < -0.4 is 5.63 Å². The van der Waals surface area contributed by atoms with Gasteiger partial charge in [0.15, 0.2) is 0 Å². The van der Waals surface area contributed by atoms with Crippen LogP contribution in [-0.4, -0.2) is 43.0 Å². The minimum atomic E-state index is -0.256. The van der Waals surface area contributed by atoms with Crippen molar-refractivity contribution < 1.29 is 4.42 Å². The van der Waals surface area contributed by atoms with Crippen molar-refractivity contribution in [3.63, 3.8) is 0 Å². The second kappa shape index (κ2) is 6.23. The molecular weight excluding hydrogens is 276 g/mol. The minimum Gasteiger partial charge on any atom is -0.423 e. The molecule has 1 aliphatic rings. The molecule has 0 amide bonds. The molecule has 3 rings (SSSR count). The third kappa shape index (κ3) is 3.23. The fraction of sp³-hybridized carbons (Fsp3) is 0.500. The van der Waals surface area contributed by atoms with Crippen LogP contribution in [0.5, 0.6) is 0 Å². The SMILES string of the molecule is CC(C)c1ccc2oc(=O)cc(CN3CCN(C)CC3)c2c1. The molecule has 1 aromatic carbocycles. The number of hydrogen-bond acceptors (Lipinski definition) is 4. The summed E-state index contributed by atoms with van der Waals surface area (Å²) in [6.45, 7) is 9.43. The Morgan fingerprint density at radius 2 is 1.86 bits per heavy atom. The van der Waals surface area contributed by atoms with Gasteiger partial charge in [0.1, 0.15) is 5.58 Å². The predicted molar refractivity (Wildman–Crippen MR) is 89.3 cm³/mol. The van der Waals surface area contributed by atoms with Crippen LogP contribution in [-0.2, 0) is 6.54 Å². The van der Waals surface area contributed by atoms with Crippen LogP contribution in [0.4, 0.5) is 0 Å². The largest absolute Gasteiger partial charge is 0.423 e. The van der Waals surface area contributed by atoms with E-state index in [1.807, 2.05) is 6.07 Å². The molecule has 1 aliphatic heterocycles. The van der Waals surface area contributed by atoms with E-state index in [2.05, 4.69) is 42.8 Å². The highest BCUT2D eigenvalue weighted by Gasteiger charge is 2.16. The summed E-state index contributed by atoms with van der Waals surface area (Å²) in [4.78, 5) is 16.6. The Balaban J connectivity index is 1.96. The van der Waals surface area contributed by atoms with Gasteiger partial charge in [0, 0.05) is 44.2 Å². The highest BCUT2D eigenvalue weighted by Crippen LogP contribution is 2.24. The lowest BCUT2D eigenvalue weighted by molar-refractivity contribution is 0.148. The van der Waals surface area contributed by atoms with Crippen molar-refractivity contribution in [1.82, 2.24) is 9.80 Å². The lowest BCUT2D eigenvalue weighted by atomic mass is 9.99. The van der Waals surface area contributed by atoms with Gasteiger partial charge in [-0.3, -0.25) is 4.90 Å². The van der Waals surface area contributed by atoms with E-state index in [4.69, 9.17) is 4.42 Å². The first kappa shape index (κ1) is 15.3. The molecule has 0 saturated carbocycles.